The molecule has 2 aromatic heterocycles. The van der Waals surface area contributed by atoms with E-state index >= 15 is 0 Å². The second-order valence-corrected chi connectivity index (χ2v) is 10.5. The molecule has 2 N–H and O–H groups in total. The van der Waals surface area contributed by atoms with Crippen LogP contribution in [0.2, 0.25) is 10.0 Å². The van der Waals surface area contributed by atoms with Gasteiger partial charge in [-0.2, -0.15) is 0 Å². The van der Waals surface area contributed by atoms with Crippen LogP contribution in [0.5, 0.6) is 0 Å². The number of halogens is 2. The SMILES string of the molecule is CSc1nc2cc(Cl)ccc2c2c1C=NCCN2.CSc1nc2cc(Cl)ccc2c2c1C=NCCN2. The molecule has 0 saturated carbocycles. The minimum absolute atomic E-state index is 0.712. The topological polar surface area (TPSA) is 74.6 Å². The highest BCUT2D eigenvalue weighted by molar-refractivity contribution is 7.98. The quantitative estimate of drug-likeness (QED) is 0.262. The van der Waals surface area contributed by atoms with Gasteiger partial charge in [0.1, 0.15) is 10.1 Å². The van der Waals surface area contributed by atoms with Gasteiger partial charge in [-0.3, -0.25) is 9.98 Å². The van der Waals surface area contributed by atoms with E-state index in [4.69, 9.17) is 23.2 Å². The number of hydrogen-bond donors (Lipinski definition) is 2. The van der Waals surface area contributed by atoms with E-state index in [9.17, 15) is 0 Å². The van der Waals surface area contributed by atoms with Gasteiger partial charge in [-0.15, -0.1) is 23.5 Å². The molecule has 36 heavy (non-hydrogen) atoms. The zero-order valence-corrected chi connectivity index (χ0v) is 23.0. The molecule has 2 aliphatic rings. The molecule has 2 aliphatic heterocycles. The first-order valence-corrected chi connectivity index (χ1v) is 14.6. The molecule has 0 fully saturated rings. The van der Waals surface area contributed by atoms with Gasteiger partial charge >= 0.3 is 0 Å². The summed E-state index contributed by atoms with van der Waals surface area (Å²) in [5, 5.41) is 12.5. The summed E-state index contributed by atoms with van der Waals surface area (Å²) < 4.78 is 0. The van der Waals surface area contributed by atoms with E-state index in [1.165, 1.54) is 0 Å². The third-order valence-electron chi connectivity index (χ3n) is 5.81. The summed E-state index contributed by atoms with van der Waals surface area (Å²) in [4.78, 5) is 18.1. The highest BCUT2D eigenvalue weighted by Gasteiger charge is 2.16. The predicted octanol–water partition coefficient (Wildman–Crippen LogP) is 6.91. The van der Waals surface area contributed by atoms with E-state index in [-0.39, 0.29) is 0 Å². The molecule has 0 amide bonds. The summed E-state index contributed by atoms with van der Waals surface area (Å²) in [5.74, 6) is 0. The number of rotatable bonds is 2. The Morgan fingerprint density at radius 2 is 1.14 bits per heavy atom. The maximum atomic E-state index is 6.04. The van der Waals surface area contributed by atoms with E-state index in [1.54, 1.807) is 23.5 Å². The van der Waals surface area contributed by atoms with Crippen molar-refractivity contribution in [2.75, 3.05) is 49.3 Å². The molecule has 0 radical (unpaired) electrons. The number of anilines is 2. The molecule has 10 heteroatoms. The first-order valence-electron chi connectivity index (χ1n) is 11.4. The summed E-state index contributed by atoms with van der Waals surface area (Å²) in [6, 6.07) is 11.6. The molecule has 2 aromatic carbocycles. The monoisotopic (exact) mass is 554 g/mol. The van der Waals surface area contributed by atoms with Gasteiger partial charge < -0.3 is 10.6 Å². The molecule has 0 aliphatic carbocycles. The number of aromatic nitrogens is 2. The van der Waals surface area contributed by atoms with Crippen LogP contribution in [0.4, 0.5) is 11.4 Å². The van der Waals surface area contributed by atoms with Crippen molar-refractivity contribution >= 4 is 92.3 Å². The zero-order chi connectivity index (χ0) is 25.1. The van der Waals surface area contributed by atoms with Crippen LogP contribution in [0, 0.1) is 0 Å². The smallest absolute Gasteiger partial charge is 0.107 e. The van der Waals surface area contributed by atoms with Gasteiger partial charge in [-0.25, -0.2) is 9.97 Å². The van der Waals surface area contributed by atoms with Crippen LogP contribution in [0.3, 0.4) is 0 Å². The fourth-order valence-corrected chi connectivity index (χ4v) is 5.66. The lowest BCUT2D eigenvalue weighted by Gasteiger charge is -2.13. The second-order valence-electron chi connectivity index (χ2n) is 8.07. The summed E-state index contributed by atoms with van der Waals surface area (Å²) in [6.07, 6.45) is 7.89. The van der Waals surface area contributed by atoms with Crippen molar-refractivity contribution in [3.8, 4) is 0 Å². The van der Waals surface area contributed by atoms with E-state index in [0.29, 0.717) is 10.0 Å². The summed E-state index contributed by atoms with van der Waals surface area (Å²) in [5.41, 5.74) is 6.23. The molecule has 0 spiro atoms. The molecule has 4 aromatic rings. The number of nitrogens with one attached hydrogen (secondary N) is 2. The first-order chi connectivity index (χ1) is 17.6. The van der Waals surface area contributed by atoms with Gasteiger partial charge in [-0.1, -0.05) is 23.2 Å². The van der Waals surface area contributed by atoms with Crippen molar-refractivity contribution in [2.24, 2.45) is 9.98 Å². The molecule has 6 nitrogen and oxygen atoms in total. The number of nitrogens with zero attached hydrogens (tertiary/aromatic N) is 4. The third kappa shape index (κ3) is 5.13. The number of thioether (sulfide) groups is 2. The van der Waals surface area contributed by atoms with E-state index in [2.05, 4.69) is 30.6 Å². The van der Waals surface area contributed by atoms with Gasteiger partial charge in [0.15, 0.2) is 0 Å². The van der Waals surface area contributed by atoms with Crippen molar-refractivity contribution in [1.29, 1.82) is 0 Å². The Labute approximate surface area is 228 Å². The molecule has 0 bridgehead atoms. The molecular formula is C26H24Cl2N6S2. The van der Waals surface area contributed by atoms with Crippen LogP contribution in [-0.4, -0.2) is 61.1 Å². The molecular weight excluding hydrogens is 531 g/mol. The van der Waals surface area contributed by atoms with Gasteiger partial charge in [0.05, 0.1) is 35.5 Å². The average Bonchev–Trinajstić information content (AvgIpc) is 3.29. The minimum atomic E-state index is 0.712. The van der Waals surface area contributed by atoms with Gasteiger partial charge in [0, 0.05) is 57.5 Å². The Morgan fingerprint density at radius 3 is 1.56 bits per heavy atom. The third-order valence-corrected chi connectivity index (χ3v) is 7.68. The van der Waals surface area contributed by atoms with Gasteiger partial charge in [0.2, 0.25) is 0 Å². The second kappa shape index (κ2) is 11.3. The highest BCUT2D eigenvalue weighted by Crippen LogP contribution is 2.34. The lowest BCUT2D eigenvalue weighted by molar-refractivity contribution is 1.04. The van der Waals surface area contributed by atoms with Crippen LogP contribution in [0.15, 0.2) is 56.4 Å². The van der Waals surface area contributed by atoms with Crippen LogP contribution in [0.1, 0.15) is 11.1 Å². The Hall–Kier alpha value is -2.52. The Kier molecular flexibility index (Phi) is 7.86. The summed E-state index contributed by atoms with van der Waals surface area (Å²) in [6.45, 7) is 3.27. The summed E-state index contributed by atoms with van der Waals surface area (Å²) >= 11 is 15.3. The van der Waals surface area contributed by atoms with Gasteiger partial charge in [-0.05, 0) is 48.9 Å². The standard InChI is InChI=1S/2C13H12ClN3S/c2*1-18-13-10-7-15-4-5-16-12(10)9-3-2-8(14)6-11(9)17-13/h2*2-3,6-7,16H,4-5H2,1H3. The average molecular weight is 556 g/mol. The largest absolute Gasteiger partial charge is 0.382 e. The van der Waals surface area contributed by atoms with Crippen LogP contribution < -0.4 is 10.6 Å². The summed E-state index contributed by atoms with van der Waals surface area (Å²) in [7, 11) is 0. The van der Waals surface area contributed by atoms with Crippen molar-refractivity contribution in [2.45, 2.75) is 10.1 Å². The molecule has 0 atom stereocenters. The molecule has 4 heterocycles. The molecule has 0 unspecified atom stereocenters. The van der Waals surface area contributed by atoms with E-state index < -0.39 is 0 Å². The Morgan fingerprint density at radius 1 is 0.694 bits per heavy atom. The predicted molar refractivity (Wildman–Crippen MR) is 159 cm³/mol. The lowest BCUT2D eigenvalue weighted by atomic mass is 10.1. The van der Waals surface area contributed by atoms with Crippen molar-refractivity contribution in [3.63, 3.8) is 0 Å². The maximum absolute atomic E-state index is 6.04. The molecule has 184 valence electrons. The van der Waals surface area contributed by atoms with Crippen LogP contribution in [-0.2, 0) is 0 Å². The maximum Gasteiger partial charge on any atom is 0.107 e. The molecule has 6 rings (SSSR count). The zero-order valence-electron chi connectivity index (χ0n) is 19.8. The number of benzene rings is 2. The van der Waals surface area contributed by atoms with E-state index in [0.717, 1.165) is 80.5 Å². The van der Waals surface area contributed by atoms with E-state index in [1.807, 2.05) is 61.3 Å². The normalized spacial score (nSPS) is 14.1. The van der Waals surface area contributed by atoms with Crippen molar-refractivity contribution in [3.05, 3.63) is 57.6 Å². The number of aliphatic imine (C=N–C) groups is 2. The van der Waals surface area contributed by atoms with Gasteiger partial charge in [0.25, 0.3) is 0 Å². The highest BCUT2D eigenvalue weighted by atomic mass is 35.5. The molecule has 0 saturated heterocycles. The fourth-order valence-electron chi connectivity index (χ4n) is 4.19. The number of hydrogen-bond acceptors (Lipinski definition) is 8. The van der Waals surface area contributed by atoms with Crippen LogP contribution >= 0.6 is 46.7 Å². The van der Waals surface area contributed by atoms with Crippen molar-refractivity contribution < 1.29 is 0 Å². The van der Waals surface area contributed by atoms with Crippen LogP contribution in [0.25, 0.3) is 21.8 Å². The fraction of sp³-hybridized carbons (Fsp3) is 0.231. The number of pyridine rings is 2. The Bertz CT molecular complexity index is 1390. The lowest BCUT2D eigenvalue weighted by Crippen LogP contribution is -2.05. The first kappa shape index (κ1) is 25.1. The Balaban J connectivity index is 0.000000148. The number of fused-ring (bicyclic) bond motifs is 6. The minimum Gasteiger partial charge on any atom is -0.382 e. The van der Waals surface area contributed by atoms with Crippen molar-refractivity contribution in [1.82, 2.24) is 9.97 Å².